The standard InChI is InChI=1S/C11H14FNO3/c1-7(6-15-2)16-11(14)8-3-9(12)5-10(13)4-8/h3-5,7H,6,13H2,1-2H3. The van der Waals surface area contributed by atoms with Gasteiger partial charge in [0.25, 0.3) is 0 Å². The zero-order chi connectivity index (χ0) is 12.1. The average molecular weight is 227 g/mol. The highest BCUT2D eigenvalue weighted by atomic mass is 19.1. The van der Waals surface area contributed by atoms with Gasteiger partial charge in [-0.15, -0.1) is 0 Å². The fraction of sp³-hybridized carbons (Fsp3) is 0.364. The topological polar surface area (TPSA) is 61.5 Å². The monoisotopic (exact) mass is 227 g/mol. The number of methoxy groups -OCH3 is 1. The molecule has 0 spiro atoms. The number of ether oxygens (including phenoxy) is 2. The van der Waals surface area contributed by atoms with Gasteiger partial charge < -0.3 is 15.2 Å². The van der Waals surface area contributed by atoms with Crippen LogP contribution in [-0.2, 0) is 9.47 Å². The van der Waals surface area contributed by atoms with Gasteiger partial charge in [0, 0.05) is 12.8 Å². The summed E-state index contributed by atoms with van der Waals surface area (Å²) in [6.45, 7) is 1.97. The Morgan fingerprint density at radius 3 is 2.75 bits per heavy atom. The first-order chi connectivity index (χ1) is 7.52. The molecule has 1 rings (SSSR count). The largest absolute Gasteiger partial charge is 0.457 e. The van der Waals surface area contributed by atoms with Gasteiger partial charge in [-0.1, -0.05) is 0 Å². The molecule has 5 heteroatoms. The van der Waals surface area contributed by atoms with Gasteiger partial charge in [0.05, 0.1) is 12.2 Å². The van der Waals surface area contributed by atoms with Crippen LogP contribution in [0.2, 0.25) is 0 Å². The molecule has 0 aliphatic heterocycles. The van der Waals surface area contributed by atoms with Crippen LogP contribution in [0.15, 0.2) is 18.2 Å². The lowest BCUT2D eigenvalue weighted by molar-refractivity contribution is 0.0120. The molecule has 16 heavy (non-hydrogen) atoms. The summed E-state index contributed by atoms with van der Waals surface area (Å²) < 4.78 is 22.8. The van der Waals surface area contributed by atoms with E-state index in [0.717, 1.165) is 12.1 Å². The fourth-order valence-electron chi connectivity index (χ4n) is 1.25. The van der Waals surface area contributed by atoms with E-state index >= 15 is 0 Å². The Bertz CT molecular complexity index is 361. The van der Waals surface area contributed by atoms with Gasteiger partial charge >= 0.3 is 5.97 Å². The number of nitrogen functional groups attached to an aromatic ring is 1. The minimum Gasteiger partial charge on any atom is -0.457 e. The van der Waals surface area contributed by atoms with Gasteiger partial charge in [0.1, 0.15) is 11.9 Å². The Morgan fingerprint density at radius 1 is 1.50 bits per heavy atom. The zero-order valence-electron chi connectivity index (χ0n) is 9.20. The predicted octanol–water partition coefficient (Wildman–Crippen LogP) is 1.60. The normalized spacial score (nSPS) is 12.2. The number of hydrogen-bond acceptors (Lipinski definition) is 4. The summed E-state index contributed by atoms with van der Waals surface area (Å²) in [5, 5.41) is 0. The van der Waals surface area contributed by atoms with Crippen LogP contribution in [0.3, 0.4) is 0 Å². The van der Waals surface area contributed by atoms with Crippen LogP contribution in [-0.4, -0.2) is 25.8 Å². The summed E-state index contributed by atoms with van der Waals surface area (Å²) in [6.07, 6.45) is -0.387. The van der Waals surface area contributed by atoms with Crippen LogP contribution in [0.1, 0.15) is 17.3 Å². The Labute approximate surface area is 93.2 Å². The predicted molar refractivity (Wildman–Crippen MR) is 57.6 cm³/mol. The third kappa shape index (κ3) is 3.51. The Balaban J connectivity index is 2.72. The molecule has 0 amide bonds. The summed E-state index contributed by atoms with van der Waals surface area (Å²) >= 11 is 0. The molecule has 1 unspecified atom stereocenters. The van der Waals surface area contributed by atoms with Gasteiger partial charge in [0.15, 0.2) is 0 Å². The van der Waals surface area contributed by atoms with E-state index in [1.165, 1.54) is 13.2 Å². The Morgan fingerprint density at radius 2 is 2.19 bits per heavy atom. The van der Waals surface area contributed by atoms with Crippen molar-refractivity contribution >= 4 is 11.7 Å². The molecule has 0 aliphatic rings. The summed E-state index contributed by atoms with van der Waals surface area (Å²) in [5.74, 6) is -1.18. The van der Waals surface area contributed by atoms with Gasteiger partial charge in [-0.3, -0.25) is 0 Å². The van der Waals surface area contributed by atoms with E-state index in [2.05, 4.69) is 0 Å². The minimum atomic E-state index is -0.615. The fourth-order valence-corrected chi connectivity index (χ4v) is 1.25. The lowest BCUT2D eigenvalue weighted by Gasteiger charge is -2.12. The minimum absolute atomic E-state index is 0.0976. The summed E-state index contributed by atoms with van der Waals surface area (Å²) in [6, 6.07) is 3.58. The molecule has 2 N–H and O–H groups in total. The second-order valence-corrected chi connectivity index (χ2v) is 3.44. The van der Waals surface area contributed by atoms with E-state index in [-0.39, 0.29) is 24.0 Å². The zero-order valence-corrected chi connectivity index (χ0v) is 9.20. The van der Waals surface area contributed by atoms with E-state index in [0.29, 0.717) is 0 Å². The highest BCUT2D eigenvalue weighted by molar-refractivity contribution is 5.90. The second kappa shape index (κ2) is 5.46. The molecule has 0 aromatic heterocycles. The van der Waals surface area contributed by atoms with Crippen molar-refractivity contribution in [2.75, 3.05) is 19.5 Å². The number of carbonyl (C=O) groups is 1. The van der Waals surface area contributed by atoms with Crippen molar-refractivity contribution in [2.45, 2.75) is 13.0 Å². The Kier molecular flexibility index (Phi) is 4.25. The third-order valence-electron chi connectivity index (χ3n) is 1.87. The molecule has 0 saturated carbocycles. The van der Waals surface area contributed by atoms with Gasteiger partial charge in [0.2, 0.25) is 0 Å². The highest BCUT2D eigenvalue weighted by Crippen LogP contribution is 2.12. The molecule has 88 valence electrons. The van der Waals surface area contributed by atoms with Crippen molar-refractivity contribution in [3.8, 4) is 0 Å². The Hall–Kier alpha value is -1.62. The lowest BCUT2D eigenvalue weighted by Crippen LogP contribution is -2.19. The summed E-state index contributed by atoms with van der Waals surface area (Å²) in [7, 11) is 1.50. The van der Waals surface area contributed by atoms with Crippen LogP contribution in [0.5, 0.6) is 0 Å². The van der Waals surface area contributed by atoms with Crippen LogP contribution in [0, 0.1) is 5.82 Å². The lowest BCUT2D eigenvalue weighted by atomic mass is 10.2. The third-order valence-corrected chi connectivity index (χ3v) is 1.87. The van der Waals surface area contributed by atoms with Crippen molar-refractivity contribution in [3.63, 3.8) is 0 Å². The van der Waals surface area contributed by atoms with E-state index in [9.17, 15) is 9.18 Å². The first-order valence-corrected chi connectivity index (χ1v) is 4.79. The molecule has 0 fully saturated rings. The van der Waals surface area contributed by atoms with Crippen LogP contribution in [0.25, 0.3) is 0 Å². The molecule has 1 aromatic rings. The first-order valence-electron chi connectivity index (χ1n) is 4.79. The van der Waals surface area contributed by atoms with Gasteiger partial charge in [-0.05, 0) is 25.1 Å². The number of carbonyl (C=O) groups excluding carboxylic acids is 1. The van der Waals surface area contributed by atoms with Gasteiger partial charge in [-0.2, -0.15) is 0 Å². The van der Waals surface area contributed by atoms with Crippen molar-refractivity contribution < 1.29 is 18.7 Å². The van der Waals surface area contributed by atoms with E-state index in [4.69, 9.17) is 15.2 Å². The van der Waals surface area contributed by atoms with Crippen molar-refractivity contribution in [3.05, 3.63) is 29.6 Å². The average Bonchev–Trinajstić information content (AvgIpc) is 2.16. The number of rotatable bonds is 4. The maximum absolute atomic E-state index is 13.0. The molecular formula is C11H14FNO3. The SMILES string of the molecule is COCC(C)OC(=O)c1cc(N)cc(F)c1. The molecule has 4 nitrogen and oxygen atoms in total. The molecule has 1 aromatic carbocycles. The quantitative estimate of drug-likeness (QED) is 0.627. The maximum atomic E-state index is 13.0. The van der Waals surface area contributed by atoms with Crippen molar-refractivity contribution in [1.29, 1.82) is 0 Å². The van der Waals surface area contributed by atoms with E-state index in [1.807, 2.05) is 0 Å². The second-order valence-electron chi connectivity index (χ2n) is 3.44. The van der Waals surface area contributed by atoms with Crippen LogP contribution >= 0.6 is 0 Å². The van der Waals surface area contributed by atoms with Crippen LogP contribution < -0.4 is 5.73 Å². The smallest absolute Gasteiger partial charge is 0.338 e. The molecule has 0 bridgehead atoms. The molecular weight excluding hydrogens is 213 g/mol. The van der Waals surface area contributed by atoms with Crippen molar-refractivity contribution in [2.24, 2.45) is 0 Å². The molecule has 1 atom stereocenters. The number of halogens is 1. The molecule has 0 saturated heterocycles. The van der Waals surface area contributed by atoms with Crippen LogP contribution in [0.4, 0.5) is 10.1 Å². The number of hydrogen-bond donors (Lipinski definition) is 1. The maximum Gasteiger partial charge on any atom is 0.338 e. The number of esters is 1. The summed E-state index contributed by atoms with van der Waals surface area (Å²) in [4.78, 5) is 11.5. The number of anilines is 1. The van der Waals surface area contributed by atoms with E-state index in [1.54, 1.807) is 6.92 Å². The highest BCUT2D eigenvalue weighted by Gasteiger charge is 2.13. The summed E-state index contributed by atoms with van der Waals surface area (Å²) in [5.41, 5.74) is 5.70. The number of nitrogens with two attached hydrogens (primary N) is 1. The number of benzene rings is 1. The molecule has 0 radical (unpaired) electrons. The van der Waals surface area contributed by atoms with Gasteiger partial charge in [-0.25, -0.2) is 9.18 Å². The molecule has 0 heterocycles. The van der Waals surface area contributed by atoms with E-state index < -0.39 is 11.8 Å². The molecule has 0 aliphatic carbocycles. The first kappa shape index (κ1) is 12.4. The van der Waals surface area contributed by atoms with Crippen molar-refractivity contribution in [1.82, 2.24) is 0 Å².